The van der Waals surface area contributed by atoms with Crippen molar-refractivity contribution < 1.29 is 9.18 Å². The van der Waals surface area contributed by atoms with Crippen molar-refractivity contribution in [2.24, 2.45) is 5.92 Å². The first kappa shape index (κ1) is 13.9. The van der Waals surface area contributed by atoms with Crippen LogP contribution in [0, 0.1) is 11.7 Å². The Morgan fingerprint density at radius 1 is 1.37 bits per heavy atom. The molecule has 1 aliphatic rings. The minimum Gasteiger partial charge on any atom is -0.336 e. The molecule has 0 N–H and O–H groups in total. The predicted molar refractivity (Wildman–Crippen MR) is 71.4 cm³/mol. The van der Waals surface area contributed by atoms with E-state index in [2.05, 4.69) is 23.7 Å². The Morgan fingerprint density at radius 2 is 2.05 bits per heavy atom. The SMILES string of the molecule is CC(C)CN1CCN(C(=O)c2ccncc2F)CC1. The molecule has 0 saturated carbocycles. The van der Waals surface area contributed by atoms with Crippen LogP contribution in [0.3, 0.4) is 0 Å². The van der Waals surface area contributed by atoms with Gasteiger partial charge < -0.3 is 4.90 Å². The van der Waals surface area contributed by atoms with E-state index in [1.165, 1.54) is 12.3 Å². The number of carbonyl (C=O) groups excluding carboxylic acids is 1. The first-order valence-electron chi connectivity index (χ1n) is 6.69. The lowest BCUT2D eigenvalue weighted by Crippen LogP contribution is -2.49. The standard InChI is InChI=1S/C14H20FN3O/c1-11(2)10-17-5-7-18(8-6-17)14(19)12-3-4-16-9-13(12)15/h3-4,9,11H,5-8,10H2,1-2H3. The molecule has 19 heavy (non-hydrogen) atoms. The van der Waals surface area contributed by atoms with Crippen LogP contribution in [0.1, 0.15) is 24.2 Å². The van der Waals surface area contributed by atoms with Crippen molar-refractivity contribution in [2.75, 3.05) is 32.7 Å². The fraction of sp³-hybridized carbons (Fsp3) is 0.571. The van der Waals surface area contributed by atoms with E-state index < -0.39 is 5.82 Å². The predicted octanol–water partition coefficient (Wildman–Crippen LogP) is 1.63. The quantitative estimate of drug-likeness (QED) is 0.833. The van der Waals surface area contributed by atoms with Crippen LogP contribution in [0.2, 0.25) is 0 Å². The summed E-state index contributed by atoms with van der Waals surface area (Å²) < 4.78 is 13.5. The average molecular weight is 265 g/mol. The van der Waals surface area contributed by atoms with E-state index in [1.807, 2.05) is 0 Å². The average Bonchev–Trinajstić information content (AvgIpc) is 2.39. The number of aromatic nitrogens is 1. The van der Waals surface area contributed by atoms with E-state index >= 15 is 0 Å². The molecule has 1 aromatic heterocycles. The van der Waals surface area contributed by atoms with Gasteiger partial charge in [-0.3, -0.25) is 14.7 Å². The molecule has 0 atom stereocenters. The van der Waals surface area contributed by atoms with Gasteiger partial charge in [0.15, 0.2) is 5.82 Å². The maximum absolute atomic E-state index is 13.5. The second-order valence-corrected chi connectivity index (χ2v) is 5.34. The fourth-order valence-corrected chi connectivity index (χ4v) is 2.37. The van der Waals surface area contributed by atoms with Gasteiger partial charge in [0.1, 0.15) is 0 Å². The summed E-state index contributed by atoms with van der Waals surface area (Å²) in [4.78, 5) is 19.9. The molecule has 0 spiro atoms. The van der Waals surface area contributed by atoms with Crippen molar-refractivity contribution in [1.29, 1.82) is 0 Å². The van der Waals surface area contributed by atoms with E-state index in [4.69, 9.17) is 0 Å². The molecule has 1 amide bonds. The summed E-state index contributed by atoms with van der Waals surface area (Å²) in [6.45, 7) is 8.45. The van der Waals surface area contributed by atoms with Crippen LogP contribution in [-0.4, -0.2) is 53.4 Å². The zero-order valence-electron chi connectivity index (χ0n) is 11.5. The van der Waals surface area contributed by atoms with Crippen LogP contribution in [0.25, 0.3) is 0 Å². The van der Waals surface area contributed by atoms with E-state index in [0.29, 0.717) is 19.0 Å². The number of hydrogen-bond acceptors (Lipinski definition) is 3. The summed E-state index contributed by atoms with van der Waals surface area (Å²) in [5.74, 6) is -0.152. The molecule has 1 saturated heterocycles. The number of rotatable bonds is 3. The van der Waals surface area contributed by atoms with Crippen LogP contribution in [0.15, 0.2) is 18.5 Å². The van der Waals surface area contributed by atoms with Crippen molar-refractivity contribution in [1.82, 2.24) is 14.8 Å². The zero-order chi connectivity index (χ0) is 13.8. The molecule has 1 fully saturated rings. The van der Waals surface area contributed by atoms with Gasteiger partial charge in [-0.15, -0.1) is 0 Å². The highest BCUT2D eigenvalue weighted by molar-refractivity contribution is 5.94. The molecule has 0 unspecified atom stereocenters. The number of nitrogens with zero attached hydrogens (tertiary/aromatic N) is 3. The maximum atomic E-state index is 13.5. The molecule has 104 valence electrons. The number of pyridine rings is 1. The highest BCUT2D eigenvalue weighted by Gasteiger charge is 2.24. The van der Waals surface area contributed by atoms with Gasteiger partial charge in [-0.25, -0.2) is 4.39 Å². The first-order chi connectivity index (χ1) is 9.08. The van der Waals surface area contributed by atoms with Crippen LogP contribution < -0.4 is 0 Å². The lowest BCUT2D eigenvalue weighted by molar-refractivity contribution is 0.0619. The van der Waals surface area contributed by atoms with Gasteiger partial charge in [0, 0.05) is 38.9 Å². The number of piperazine rings is 1. The molecule has 1 aromatic rings. The number of hydrogen-bond donors (Lipinski definition) is 0. The first-order valence-corrected chi connectivity index (χ1v) is 6.69. The number of amides is 1. The van der Waals surface area contributed by atoms with Gasteiger partial charge in [0.25, 0.3) is 5.91 Å². The number of halogens is 1. The van der Waals surface area contributed by atoms with Gasteiger partial charge in [-0.05, 0) is 12.0 Å². The summed E-state index contributed by atoms with van der Waals surface area (Å²) in [6.07, 6.45) is 2.54. The fourth-order valence-electron chi connectivity index (χ4n) is 2.37. The van der Waals surface area contributed by atoms with Crippen molar-refractivity contribution in [3.8, 4) is 0 Å². The lowest BCUT2D eigenvalue weighted by Gasteiger charge is -2.35. The molecule has 2 heterocycles. The summed E-state index contributed by atoms with van der Waals surface area (Å²) in [5.41, 5.74) is 0.118. The van der Waals surface area contributed by atoms with Crippen LogP contribution in [0.5, 0.6) is 0 Å². The van der Waals surface area contributed by atoms with Crippen molar-refractivity contribution in [3.63, 3.8) is 0 Å². The molecular weight excluding hydrogens is 245 g/mol. The zero-order valence-corrected chi connectivity index (χ0v) is 11.5. The van der Waals surface area contributed by atoms with Crippen LogP contribution in [-0.2, 0) is 0 Å². The number of carbonyl (C=O) groups is 1. The molecule has 0 bridgehead atoms. The normalized spacial score (nSPS) is 16.9. The molecule has 0 aliphatic carbocycles. The van der Waals surface area contributed by atoms with E-state index in [1.54, 1.807) is 4.90 Å². The largest absolute Gasteiger partial charge is 0.336 e. The molecule has 1 aliphatic heterocycles. The minimum atomic E-state index is -0.544. The molecule has 2 rings (SSSR count). The Hall–Kier alpha value is -1.49. The second kappa shape index (κ2) is 6.10. The highest BCUT2D eigenvalue weighted by Crippen LogP contribution is 2.12. The van der Waals surface area contributed by atoms with Crippen molar-refractivity contribution in [2.45, 2.75) is 13.8 Å². The monoisotopic (exact) mass is 265 g/mol. The van der Waals surface area contributed by atoms with Crippen molar-refractivity contribution in [3.05, 3.63) is 29.8 Å². The third-order valence-corrected chi connectivity index (χ3v) is 3.29. The summed E-state index contributed by atoms with van der Waals surface area (Å²) in [5, 5.41) is 0. The molecule has 4 nitrogen and oxygen atoms in total. The summed E-state index contributed by atoms with van der Waals surface area (Å²) in [6, 6.07) is 1.44. The Kier molecular flexibility index (Phi) is 4.47. The smallest absolute Gasteiger partial charge is 0.257 e. The van der Waals surface area contributed by atoms with Gasteiger partial charge in [-0.1, -0.05) is 13.8 Å². The highest BCUT2D eigenvalue weighted by atomic mass is 19.1. The third kappa shape index (κ3) is 3.50. The molecule has 5 heteroatoms. The van der Waals surface area contributed by atoms with Crippen molar-refractivity contribution >= 4 is 5.91 Å². The van der Waals surface area contributed by atoms with E-state index in [0.717, 1.165) is 25.8 Å². The molecular formula is C14H20FN3O. The maximum Gasteiger partial charge on any atom is 0.257 e. The second-order valence-electron chi connectivity index (χ2n) is 5.34. The van der Waals surface area contributed by atoms with Crippen LogP contribution in [0.4, 0.5) is 4.39 Å². The van der Waals surface area contributed by atoms with E-state index in [-0.39, 0.29) is 11.5 Å². The Bertz CT molecular complexity index is 442. The Labute approximate surface area is 113 Å². The third-order valence-electron chi connectivity index (χ3n) is 3.29. The van der Waals surface area contributed by atoms with Gasteiger partial charge in [0.2, 0.25) is 0 Å². The lowest BCUT2D eigenvalue weighted by atomic mass is 10.1. The molecule has 0 radical (unpaired) electrons. The van der Waals surface area contributed by atoms with Crippen LogP contribution >= 0.6 is 0 Å². The Balaban J connectivity index is 1.95. The Morgan fingerprint density at radius 3 is 2.63 bits per heavy atom. The summed E-state index contributed by atoms with van der Waals surface area (Å²) >= 11 is 0. The van der Waals surface area contributed by atoms with E-state index in [9.17, 15) is 9.18 Å². The van der Waals surface area contributed by atoms with Gasteiger partial charge in [-0.2, -0.15) is 0 Å². The summed E-state index contributed by atoms with van der Waals surface area (Å²) in [7, 11) is 0. The molecule has 0 aromatic carbocycles. The van der Waals surface area contributed by atoms with Gasteiger partial charge >= 0.3 is 0 Å². The topological polar surface area (TPSA) is 36.4 Å². The van der Waals surface area contributed by atoms with Gasteiger partial charge in [0.05, 0.1) is 11.8 Å². The minimum absolute atomic E-state index is 0.118.